The predicted octanol–water partition coefficient (Wildman–Crippen LogP) is 0.510. The molecule has 2 aromatic heterocycles. The SMILES string of the molecule is CS(=O)(=O)c1ccc(Cn2cc(N)cn2)o1. The molecule has 0 bridgehead atoms. The van der Waals surface area contributed by atoms with Gasteiger partial charge in [-0.15, -0.1) is 0 Å². The van der Waals surface area contributed by atoms with Crippen molar-refractivity contribution in [1.82, 2.24) is 9.78 Å². The second-order valence-electron chi connectivity index (χ2n) is 3.46. The molecule has 16 heavy (non-hydrogen) atoms. The van der Waals surface area contributed by atoms with Gasteiger partial charge in [-0.3, -0.25) is 4.68 Å². The lowest BCUT2D eigenvalue weighted by atomic mass is 10.4. The van der Waals surface area contributed by atoms with Crippen LogP contribution in [-0.2, 0) is 16.4 Å². The second kappa shape index (κ2) is 3.67. The Bertz CT molecular complexity index is 597. The lowest BCUT2D eigenvalue weighted by Gasteiger charge is -1.96. The Hall–Kier alpha value is -1.76. The zero-order valence-electron chi connectivity index (χ0n) is 8.62. The molecule has 7 heteroatoms. The van der Waals surface area contributed by atoms with Crippen molar-refractivity contribution in [3.8, 4) is 0 Å². The summed E-state index contributed by atoms with van der Waals surface area (Å²) in [6, 6.07) is 3.03. The molecule has 0 saturated heterocycles. The van der Waals surface area contributed by atoms with Gasteiger partial charge in [-0.25, -0.2) is 8.42 Å². The van der Waals surface area contributed by atoms with E-state index < -0.39 is 9.84 Å². The predicted molar refractivity (Wildman–Crippen MR) is 57.6 cm³/mol. The molecular weight excluding hydrogens is 230 g/mol. The van der Waals surface area contributed by atoms with Gasteiger partial charge in [0.25, 0.3) is 0 Å². The molecule has 0 atom stereocenters. The van der Waals surface area contributed by atoms with Crippen LogP contribution in [0.5, 0.6) is 0 Å². The molecule has 0 unspecified atom stereocenters. The lowest BCUT2D eigenvalue weighted by Crippen LogP contribution is -1.99. The van der Waals surface area contributed by atoms with Crippen LogP contribution < -0.4 is 5.73 Å². The fraction of sp³-hybridized carbons (Fsp3) is 0.222. The van der Waals surface area contributed by atoms with Crippen molar-refractivity contribution in [3.05, 3.63) is 30.3 Å². The molecule has 2 N–H and O–H groups in total. The van der Waals surface area contributed by atoms with E-state index in [4.69, 9.17) is 10.2 Å². The summed E-state index contributed by atoms with van der Waals surface area (Å²) < 4.78 is 29.1. The highest BCUT2D eigenvalue weighted by Crippen LogP contribution is 2.14. The fourth-order valence-electron chi connectivity index (χ4n) is 1.27. The van der Waals surface area contributed by atoms with E-state index >= 15 is 0 Å². The summed E-state index contributed by atoms with van der Waals surface area (Å²) in [5.41, 5.74) is 6.05. The highest BCUT2D eigenvalue weighted by molar-refractivity contribution is 7.90. The van der Waals surface area contributed by atoms with Gasteiger partial charge >= 0.3 is 0 Å². The van der Waals surface area contributed by atoms with E-state index in [1.165, 1.54) is 12.3 Å². The molecule has 2 rings (SSSR count). The third-order valence-electron chi connectivity index (χ3n) is 1.97. The monoisotopic (exact) mass is 241 g/mol. The van der Waals surface area contributed by atoms with Crippen LogP contribution in [0.1, 0.15) is 5.76 Å². The number of anilines is 1. The number of sulfone groups is 1. The average molecular weight is 241 g/mol. The molecule has 0 aliphatic rings. The number of rotatable bonds is 3. The minimum atomic E-state index is -3.29. The van der Waals surface area contributed by atoms with Crippen molar-refractivity contribution in [2.75, 3.05) is 12.0 Å². The number of nitrogens with zero attached hydrogens (tertiary/aromatic N) is 2. The van der Waals surface area contributed by atoms with Crippen molar-refractivity contribution >= 4 is 15.5 Å². The maximum atomic E-state index is 11.2. The first-order valence-corrected chi connectivity index (χ1v) is 6.41. The van der Waals surface area contributed by atoms with Crippen molar-refractivity contribution in [1.29, 1.82) is 0 Å². The van der Waals surface area contributed by atoms with Gasteiger partial charge in [0.15, 0.2) is 0 Å². The van der Waals surface area contributed by atoms with E-state index in [0.717, 1.165) is 6.26 Å². The smallest absolute Gasteiger partial charge is 0.217 e. The molecule has 0 radical (unpaired) electrons. The number of nitrogen functional groups attached to an aromatic ring is 1. The summed E-state index contributed by atoms with van der Waals surface area (Å²) in [4.78, 5) is 0. The summed E-state index contributed by atoms with van der Waals surface area (Å²) in [6.07, 6.45) is 4.25. The third kappa shape index (κ3) is 2.25. The van der Waals surface area contributed by atoms with Gasteiger partial charge in [0, 0.05) is 12.5 Å². The van der Waals surface area contributed by atoms with Gasteiger partial charge < -0.3 is 10.2 Å². The Balaban J connectivity index is 2.21. The van der Waals surface area contributed by atoms with Crippen molar-refractivity contribution in [3.63, 3.8) is 0 Å². The lowest BCUT2D eigenvalue weighted by molar-refractivity contribution is 0.401. The third-order valence-corrected chi connectivity index (χ3v) is 2.92. The Kier molecular flexibility index (Phi) is 2.47. The summed E-state index contributed by atoms with van der Waals surface area (Å²) in [5.74, 6) is 0.517. The zero-order chi connectivity index (χ0) is 11.8. The van der Waals surface area contributed by atoms with Crippen molar-refractivity contribution in [2.24, 2.45) is 0 Å². The van der Waals surface area contributed by atoms with Crippen LogP contribution in [-0.4, -0.2) is 24.5 Å². The summed E-state index contributed by atoms with van der Waals surface area (Å²) >= 11 is 0. The molecule has 0 saturated carbocycles. The number of nitrogens with two attached hydrogens (primary N) is 1. The molecule has 2 heterocycles. The number of hydrogen-bond acceptors (Lipinski definition) is 5. The normalized spacial score (nSPS) is 11.8. The van der Waals surface area contributed by atoms with Crippen LogP contribution in [0.3, 0.4) is 0 Å². The van der Waals surface area contributed by atoms with Crippen molar-refractivity contribution < 1.29 is 12.8 Å². The Morgan fingerprint density at radius 1 is 1.50 bits per heavy atom. The maximum absolute atomic E-state index is 11.2. The molecule has 0 aliphatic heterocycles. The van der Waals surface area contributed by atoms with Gasteiger partial charge in [0.2, 0.25) is 14.9 Å². The second-order valence-corrected chi connectivity index (χ2v) is 5.41. The van der Waals surface area contributed by atoms with E-state index in [9.17, 15) is 8.42 Å². The van der Waals surface area contributed by atoms with Crippen LogP contribution >= 0.6 is 0 Å². The van der Waals surface area contributed by atoms with Gasteiger partial charge in [0.05, 0.1) is 18.4 Å². The molecular formula is C9H11N3O3S. The molecule has 0 fully saturated rings. The van der Waals surface area contributed by atoms with Crippen LogP contribution in [0, 0.1) is 0 Å². The Labute approximate surface area is 92.6 Å². The maximum Gasteiger partial charge on any atom is 0.217 e. The first kappa shape index (κ1) is 10.7. The van der Waals surface area contributed by atoms with E-state index in [0.29, 0.717) is 18.0 Å². The minimum Gasteiger partial charge on any atom is -0.448 e. The molecule has 0 amide bonds. The zero-order valence-corrected chi connectivity index (χ0v) is 9.44. The molecule has 2 aromatic rings. The fourth-order valence-corrected chi connectivity index (χ4v) is 1.84. The molecule has 6 nitrogen and oxygen atoms in total. The van der Waals surface area contributed by atoms with Crippen molar-refractivity contribution in [2.45, 2.75) is 11.6 Å². The Morgan fingerprint density at radius 3 is 2.75 bits per heavy atom. The molecule has 0 aliphatic carbocycles. The van der Waals surface area contributed by atoms with E-state index in [1.54, 1.807) is 16.9 Å². The Morgan fingerprint density at radius 2 is 2.25 bits per heavy atom. The largest absolute Gasteiger partial charge is 0.448 e. The quantitative estimate of drug-likeness (QED) is 0.845. The summed E-state index contributed by atoms with van der Waals surface area (Å²) in [7, 11) is -3.29. The van der Waals surface area contributed by atoms with E-state index in [-0.39, 0.29) is 5.09 Å². The molecule has 0 spiro atoms. The number of furan rings is 1. The van der Waals surface area contributed by atoms with Gasteiger partial charge in [-0.05, 0) is 12.1 Å². The van der Waals surface area contributed by atoms with Crippen LogP contribution in [0.4, 0.5) is 5.69 Å². The topological polar surface area (TPSA) is 91.1 Å². The van der Waals surface area contributed by atoms with Crippen LogP contribution in [0.15, 0.2) is 34.0 Å². The summed E-state index contributed by atoms with van der Waals surface area (Å²) in [5, 5.41) is 3.93. The summed E-state index contributed by atoms with van der Waals surface area (Å²) in [6.45, 7) is 0.354. The number of aromatic nitrogens is 2. The minimum absolute atomic E-state index is 0.0392. The molecule has 0 aromatic carbocycles. The van der Waals surface area contributed by atoms with E-state index in [2.05, 4.69) is 5.10 Å². The molecule has 86 valence electrons. The van der Waals surface area contributed by atoms with Gasteiger partial charge in [-0.1, -0.05) is 0 Å². The van der Waals surface area contributed by atoms with Crippen LogP contribution in [0.2, 0.25) is 0 Å². The van der Waals surface area contributed by atoms with Crippen LogP contribution in [0.25, 0.3) is 0 Å². The highest BCUT2D eigenvalue weighted by Gasteiger charge is 2.12. The highest BCUT2D eigenvalue weighted by atomic mass is 32.2. The average Bonchev–Trinajstić information content (AvgIpc) is 2.74. The van der Waals surface area contributed by atoms with Gasteiger partial charge in [0.1, 0.15) is 5.76 Å². The first-order chi connectivity index (χ1) is 7.45. The van der Waals surface area contributed by atoms with Gasteiger partial charge in [-0.2, -0.15) is 5.10 Å². The standard InChI is InChI=1S/C9H11N3O3S/c1-16(13,14)9-3-2-8(15-9)6-12-5-7(10)4-11-12/h2-5H,6,10H2,1H3. The number of hydrogen-bond donors (Lipinski definition) is 1. The van der Waals surface area contributed by atoms with E-state index in [1.807, 2.05) is 0 Å². The first-order valence-electron chi connectivity index (χ1n) is 4.52.